The number of hydrogen-bond donors (Lipinski definition) is 0. The molecule has 1 heterocycles. The molecule has 0 radical (unpaired) electrons. The third-order valence-electron chi connectivity index (χ3n) is 2.62. The van der Waals surface area contributed by atoms with E-state index in [1.807, 2.05) is 0 Å². The monoisotopic (exact) mass is 277 g/mol. The summed E-state index contributed by atoms with van der Waals surface area (Å²) in [6, 6.07) is 8.20. The van der Waals surface area contributed by atoms with Crippen molar-refractivity contribution >= 4 is 17.4 Å². The lowest BCUT2D eigenvalue weighted by Crippen LogP contribution is -2.07. The molecule has 1 aromatic carbocycles. The van der Waals surface area contributed by atoms with E-state index >= 15 is 0 Å². The molecule has 2 aromatic rings. The quantitative estimate of drug-likeness (QED) is 0.806. The highest BCUT2D eigenvalue weighted by molar-refractivity contribution is 6.31. The molecule has 0 aliphatic carbocycles. The lowest BCUT2D eigenvalue weighted by Gasteiger charge is -2.10. The molecule has 0 saturated carbocycles. The molecule has 1 aromatic heterocycles. The molecular weight excluding hydrogens is 266 g/mol. The van der Waals surface area contributed by atoms with Crippen molar-refractivity contribution in [3.63, 3.8) is 0 Å². The standard InChI is InChI=1S/C14H12ClNO3/c1-18-12-6-5-9(15)8-11(12)13(17)10-4-3-7-16-14(10)19-2/h3-8H,1-2H3. The molecule has 5 heteroatoms. The van der Waals surface area contributed by atoms with Crippen LogP contribution in [0.5, 0.6) is 11.6 Å². The average molecular weight is 278 g/mol. The van der Waals surface area contributed by atoms with Crippen LogP contribution in [0.3, 0.4) is 0 Å². The van der Waals surface area contributed by atoms with Crippen molar-refractivity contribution in [2.45, 2.75) is 0 Å². The van der Waals surface area contributed by atoms with Crippen molar-refractivity contribution in [2.75, 3.05) is 14.2 Å². The first-order valence-corrected chi connectivity index (χ1v) is 5.92. The van der Waals surface area contributed by atoms with Gasteiger partial charge in [-0.3, -0.25) is 4.79 Å². The Morgan fingerprint density at radius 2 is 1.95 bits per heavy atom. The van der Waals surface area contributed by atoms with Gasteiger partial charge in [0, 0.05) is 11.2 Å². The van der Waals surface area contributed by atoms with Gasteiger partial charge in [0.05, 0.1) is 25.3 Å². The largest absolute Gasteiger partial charge is 0.496 e. The van der Waals surface area contributed by atoms with Gasteiger partial charge in [0.15, 0.2) is 0 Å². The van der Waals surface area contributed by atoms with Gasteiger partial charge < -0.3 is 9.47 Å². The molecule has 0 saturated heterocycles. The van der Waals surface area contributed by atoms with E-state index in [4.69, 9.17) is 21.1 Å². The minimum Gasteiger partial charge on any atom is -0.496 e. The molecule has 0 fully saturated rings. The van der Waals surface area contributed by atoms with Gasteiger partial charge in [0.1, 0.15) is 5.75 Å². The van der Waals surface area contributed by atoms with E-state index in [2.05, 4.69) is 4.98 Å². The Labute approximate surface area is 115 Å². The summed E-state index contributed by atoms with van der Waals surface area (Å²) < 4.78 is 10.3. The fourth-order valence-electron chi connectivity index (χ4n) is 1.73. The predicted molar refractivity (Wildman–Crippen MR) is 72.2 cm³/mol. The van der Waals surface area contributed by atoms with E-state index in [-0.39, 0.29) is 11.7 Å². The number of ketones is 1. The number of ether oxygens (including phenoxy) is 2. The van der Waals surface area contributed by atoms with Crippen LogP contribution in [0.4, 0.5) is 0 Å². The number of carbonyl (C=O) groups is 1. The lowest BCUT2D eigenvalue weighted by molar-refractivity contribution is 0.103. The van der Waals surface area contributed by atoms with Crippen LogP contribution in [0.15, 0.2) is 36.5 Å². The fourth-order valence-corrected chi connectivity index (χ4v) is 1.90. The maximum atomic E-state index is 12.5. The van der Waals surface area contributed by atoms with Crippen molar-refractivity contribution in [2.24, 2.45) is 0 Å². The zero-order valence-electron chi connectivity index (χ0n) is 10.5. The molecule has 0 amide bonds. The predicted octanol–water partition coefficient (Wildman–Crippen LogP) is 2.98. The van der Waals surface area contributed by atoms with Crippen LogP contribution >= 0.6 is 11.6 Å². The maximum Gasteiger partial charge on any atom is 0.224 e. The molecule has 0 N–H and O–H groups in total. The number of rotatable bonds is 4. The van der Waals surface area contributed by atoms with Gasteiger partial charge in [-0.15, -0.1) is 0 Å². The summed E-state index contributed by atoms with van der Waals surface area (Å²) >= 11 is 5.92. The second-order valence-corrected chi connectivity index (χ2v) is 4.17. The summed E-state index contributed by atoms with van der Waals surface area (Å²) in [6.07, 6.45) is 1.56. The van der Waals surface area contributed by atoms with Crippen LogP contribution in [-0.4, -0.2) is 25.0 Å². The topological polar surface area (TPSA) is 48.4 Å². The van der Waals surface area contributed by atoms with Gasteiger partial charge in [-0.2, -0.15) is 0 Å². The number of methoxy groups -OCH3 is 2. The van der Waals surface area contributed by atoms with Gasteiger partial charge in [-0.05, 0) is 30.3 Å². The van der Waals surface area contributed by atoms with E-state index in [0.29, 0.717) is 21.9 Å². The maximum absolute atomic E-state index is 12.5. The van der Waals surface area contributed by atoms with Crippen molar-refractivity contribution in [1.29, 1.82) is 0 Å². The number of hydrogen-bond acceptors (Lipinski definition) is 4. The van der Waals surface area contributed by atoms with Crippen LogP contribution in [0, 0.1) is 0 Å². The number of benzene rings is 1. The molecule has 4 nitrogen and oxygen atoms in total. The fraction of sp³-hybridized carbons (Fsp3) is 0.143. The van der Waals surface area contributed by atoms with Crippen molar-refractivity contribution in [3.05, 3.63) is 52.7 Å². The minimum atomic E-state index is -0.246. The van der Waals surface area contributed by atoms with Gasteiger partial charge in [-0.1, -0.05) is 11.6 Å². The second kappa shape index (κ2) is 5.71. The van der Waals surface area contributed by atoms with Gasteiger partial charge in [0.25, 0.3) is 0 Å². The highest BCUT2D eigenvalue weighted by Crippen LogP contribution is 2.27. The summed E-state index contributed by atoms with van der Waals surface area (Å²) in [5.74, 6) is 0.485. The van der Waals surface area contributed by atoms with Crippen LogP contribution < -0.4 is 9.47 Å². The Hall–Kier alpha value is -2.07. The Kier molecular flexibility index (Phi) is 4.02. The average Bonchev–Trinajstić information content (AvgIpc) is 2.46. The van der Waals surface area contributed by atoms with E-state index in [1.165, 1.54) is 14.2 Å². The molecular formula is C14H12ClNO3. The van der Waals surface area contributed by atoms with Crippen molar-refractivity contribution in [1.82, 2.24) is 4.98 Å². The van der Waals surface area contributed by atoms with Crippen LogP contribution in [-0.2, 0) is 0 Å². The SMILES string of the molecule is COc1ccc(Cl)cc1C(=O)c1cccnc1OC. The normalized spacial score (nSPS) is 10.1. The third-order valence-corrected chi connectivity index (χ3v) is 2.85. The Morgan fingerprint density at radius 1 is 1.16 bits per heavy atom. The summed E-state index contributed by atoms with van der Waals surface area (Å²) in [5.41, 5.74) is 0.742. The molecule has 0 spiro atoms. The Morgan fingerprint density at radius 3 is 2.63 bits per heavy atom. The summed E-state index contributed by atoms with van der Waals surface area (Å²) in [5, 5.41) is 0.465. The highest BCUT2D eigenvalue weighted by Gasteiger charge is 2.19. The molecule has 0 bridgehead atoms. The number of halogens is 1. The van der Waals surface area contributed by atoms with Crippen molar-refractivity contribution < 1.29 is 14.3 Å². The van der Waals surface area contributed by atoms with E-state index < -0.39 is 0 Å². The molecule has 0 atom stereocenters. The van der Waals surface area contributed by atoms with Crippen LogP contribution in [0.2, 0.25) is 5.02 Å². The van der Waals surface area contributed by atoms with E-state index in [9.17, 15) is 4.79 Å². The first-order valence-electron chi connectivity index (χ1n) is 5.54. The van der Waals surface area contributed by atoms with Gasteiger partial charge in [-0.25, -0.2) is 4.98 Å². The first-order chi connectivity index (χ1) is 9.17. The minimum absolute atomic E-state index is 0.246. The number of carbonyl (C=O) groups excluding carboxylic acids is 1. The van der Waals surface area contributed by atoms with Gasteiger partial charge in [0.2, 0.25) is 11.7 Å². The zero-order valence-corrected chi connectivity index (χ0v) is 11.3. The smallest absolute Gasteiger partial charge is 0.224 e. The first kappa shape index (κ1) is 13.4. The highest BCUT2D eigenvalue weighted by atomic mass is 35.5. The molecule has 0 unspecified atom stereocenters. The third kappa shape index (κ3) is 2.69. The van der Waals surface area contributed by atoms with Crippen molar-refractivity contribution in [3.8, 4) is 11.6 Å². The number of pyridine rings is 1. The molecule has 0 aliphatic rings. The molecule has 2 rings (SSSR count). The molecule has 19 heavy (non-hydrogen) atoms. The van der Waals surface area contributed by atoms with Crippen LogP contribution in [0.25, 0.3) is 0 Å². The summed E-state index contributed by atoms with van der Waals surface area (Å²) in [4.78, 5) is 16.5. The van der Waals surface area contributed by atoms with E-state index in [1.54, 1.807) is 36.5 Å². The zero-order chi connectivity index (χ0) is 13.8. The lowest BCUT2D eigenvalue weighted by atomic mass is 10.0. The Bertz CT molecular complexity index is 613. The second-order valence-electron chi connectivity index (χ2n) is 3.73. The van der Waals surface area contributed by atoms with E-state index in [0.717, 1.165) is 0 Å². The Balaban J connectivity index is 2.52. The van der Waals surface area contributed by atoms with Gasteiger partial charge >= 0.3 is 0 Å². The molecule has 0 aliphatic heterocycles. The van der Waals surface area contributed by atoms with Crippen LogP contribution in [0.1, 0.15) is 15.9 Å². The summed E-state index contributed by atoms with van der Waals surface area (Å²) in [7, 11) is 2.97. The number of aromatic nitrogens is 1. The summed E-state index contributed by atoms with van der Waals surface area (Å²) in [6.45, 7) is 0. The number of nitrogens with zero attached hydrogens (tertiary/aromatic N) is 1. The molecule has 98 valence electrons.